The van der Waals surface area contributed by atoms with Gasteiger partial charge in [0, 0.05) is 31.9 Å². The number of amides is 1. The van der Waals surface area contributed by atoms with Crippen molar-refractivity contribution in [1.82, 2.24) is 4.90 Å². The van der Waals surface area contributed by atoms with Crippen molar-refractivity contribution < 1.29 is 14.3 Å². The maximum Gasteiger partial charge on any atom is 0.227 e. The van der Waals surface area contributed by atoms with E-state index in [9.17, 15) is 4.79 Å². The smallest absolute Gasteiger partial charge is 0.227 e. The van der Waals surface area contributed by atoms with Gasteiger partial charge in [-0.25, -0.2) is 0 Å². The summed E-state index contributed by atoms with van der Waals surface area (Å²) in [6.07, 6.45) is 0.404. The zero-order valence-corrected chi connectivity index (χ0v) is 15.1. The van der Waals surface area contributed by atoms with Gasteiger partial charge in [-0.15, -0.1) is 0 Å². The first-order valence-electron chi connectivity index (χ1n) is 9.17. The van der Waals surface area contributed by atoms with Gasteiger partial charge in [-0.2, -0.15) is 0 Å². The first-order chi connectivity index (χ1) is 12.7. The minimum atomic E-state index is 0.172. The summed E-state index contributed by atoms with van der Waals surface area (Å²) < 4.78 is 11.1. The number of aryl methyl sites for hydroxylation is 1. The largest absolute Gasteiger partial charge is 0.486 e. The number of nitrogens with zero attached hydrogens (tertiary/aromatic N) is 2. The Morgan fingerprint density at radius 2 is 1.73 bits per heavy atom. The number of hydrogen-bond donors (Lipinski definition) is 0. The standard InChI is InChI=1S/C21H24N2O3/c1-16-3-2-4-18(13-16)22-7-9-23(10-8-22)21(24)15-17-5-6-19-20(14-17)26-12-11-25-19/h2-6,13-14H,7-12,15H2,1H3. The van der Waals surface area contributed by atoms with Crippen molar-refractivity contribution in [3.8, 4) is 11.5 Å². The zero-order valence-electron chi connectivity index (χ0n) is 15.1. The lowest BCUT2D eigenvalue weighted by Crippen LogP contribution is -2.49. The molecule has 5 nitrogen and oxygen atoms in total. The molecule has 0 saturated carbocycles. The lowest BCUT2D eigenvalue weighted by molar-refractivity contribution is -0.130. The molecule has 26 heavy (non-hydrogen) atoms. The first-order valence-corrected chi connectivity index (χ1v) is 9.17. The third kappa shape index (κ3) is 3.62. The molecule has 136 valence electrons. The molecule has 0 bridgehead atoms. The fourth-order valence-electron chi connectivity index (χ4n) is 3.52. The van der Waals surface area contributed by atoms with Crippen molar-refractivity contribution in [3.05, 3.63) is 53.6 Å². The summed E-state index contributed by atoms with van der Waals surface area (Å²) in [5.74, 6) is 1.68. The van der Waals surface area contributed by atoms with Gasteiger partial charge >= 0.3 is 0 Å². The lowest BCUT2D eigenvalue weighted by atomic mass is 10.1. The van der Waals surface area contributed by atoms with Gasteiger partial charge in [-0.3, -0.25) is 4.79 Å². The molecule has 0 spiro atoms. The van der Waals surface area contributed by atoms with Gasteiger partial charge < -0.3 is 19.3 Å². The molecule has 2 aliphatic heterocycles. The van der Waals surface area contributed by atoms with Crippen molar-refractivity contribution in [1.29, 1.82) is 0 Å². The van der Waals surface area contributed by atoms with Crippen molar-refractivity contribution in [2.45, 2.75) is 13.3 Å². The van der Waals surface area contributed by atoms with E-state index in [2.05, 4.69) is 36.1 Å². The summed E-state index contributed by atoms with van der Waals surface area (Å²) in [5.41, 5.74) is 3.48. The molecule has 0 radical (unpaired) electrons. The molecule has 2 aliphatic rings. The van der Waals surface area contributed by atoms with E-state index in [1.54, 1.807) is 0 Å². The van der Waals surface area contributed by atoms with Gasteiger partial charge in [0.15, 0.2) is 11.5 Å². The average molecular weight is 352 g/mol. The maximum atomic E-state index is 12.7. The number of fused-ring (bicyclic) bond motifs is 1. The van der Waals surface area contributed by atoms with E-state index in [1.165, 1.54) is 11.3 Å². The Morgan fingerprint density at radius 1 is 0.962 bits per heavy atom. The molecular weight excluding hydrogens is 328 g/mol. The van der Waals surface area contributed by atoms with Crippen LogP contribution in [0, 0.1) is 6.92 Å². The van der Waals surface area contributed by atoms with Crippen LogP contribution in [0.1, 0.15) is 11.1 Å². The predicted octanol–water partition coefficient (Wildman–Crippen LogP) is 2.66. The molecule has 1 amide bonds. The predicted molar refractivity (Wildman–Crippen MR) is 101 cm³/mol. The van der Waals surface area contributed by atoms with Gasteiger partial charge in [0.25, 0.3) is 0 Å². The summed E-state index contributed by atoms with van der Waals surface area (Å²) in [5, 5.41) is 0. The van der Waals surface area contributed by atoms with Crippen LogP contribution in [0.2, 0.25) is 0 Å². The van der Waals surface area contributed by atoms with E-state index in [4.69, 9.17) is 9.47 Å². The van der Waals surface area contributed by atoms with E-state index in [0.717, 1.165) is 43.2 Å². The van der Waals surface area contributed by atoms with E-state index in [1.807, 2.05) is 23.1 Å². The summed E-state index contributed by atoms with van der Waals surface area (Å²) >= 11 is 0. The van der Waals surface area contributed by atoms with Gasteiger partial charge in [0.05, 0.1) is 6.42 Å². The van der Waals surface area contributed by atoms with Crippen LogP contribution in [0.15, 0.2) is 42.5 Å². The van der Waals surface area contributed by atoms with Crippen LogP contribution in [0.25, 0.3) is 0 Å². The molecular formula is C21H24N2O3. The van der Waals surface area contributed by atoms with E-state index >= 15 is 0 Å². The van der Waals surface area contributed by atoms with E-state index < -0.39 is 0 Å². The topological polar surface area (TPSA) is 42.0 Å². The maximum absolute atomic E-state index is 12.7. The monoisotopic (exact) mass is 352 g/mol. The molecule has 1 fully saturated rings. The Bertz CT molecular complexity index is 798. The van der Waals surface area contributed by atoms with Crippen molar-refractivity contribution in [3.63, 3.8) is 0 Å². The van der Waals surface area contributed by atoms with Gasteiger partial charge in [0.2, 0.25) is 5.91 Å². The zero-order chi connectivity index (χ0) is 17.9. The van der Waals surface area contributed by atoms with Crippen LogP contribution in [-0.2, 0) is 11.2 Å². The van der Waals surface area contributed by atoms with Crippen LogP contribution in [0.3, 0.4) is 0 Å². The molecule has 1 saturated heterocycles. The fraction of sp³-hybridized carbons (Fsp3) is 0.381. The number of rotatable bonds is 3. The third-order valence-electron chi connectivity index (χ3n) is 4.96. The average Bonchev–Trinajstić information content (AvgIpc) is 2.68. The van der Waals surface area contributed by atoms with E-state index in [0.29, 0.717) is 19.6 Å². The Kier molecular flexibility index (Phi) is 4.69. The molecule has 0 N–H and O–H groups in total. The Balaban J connectivity index is 1.35. The molecule has 4 rings (SSSR count). The van der Waals surface area contributed by atoms with Crippen molar-refractivity contribution >= 4 is 11.6 Å². The third-order valence-corrected chi connectivity index (χ3v) is 4.96. The highest BCUT2D eigenvalue weighted by Crippen LogP contribution is 2.31. The molecule has 2 aromatic carbocycles. The molecule has 0 atom stereocenters. The van der Waals surface area contributed by atoms with Crippen LogP contribution in [0.5, 0.6) is 11.5 Å². The molecule has 5 heteroatoms. The quantitative estimate of drug-likeness (QED) is 0.852. The summed E-state index contributed by atoms with van der Waals surface area (Å²) in [4.78, 5) is 17.0. The van der Waals surface area contributed by atoms with Gasteiger partial charge in [-0.05, 0) is 42.3 Å². The molecule has 0 aliphatic carbocycles. The summed E-state index contributed by atoms with van der Waals surface area (Å²) in [6.45, 7) is 6.51. The molecule has 2 aromatic rings. The highest BCUT2D eigenvalue weighted by Gasteiger charge is 2.22. The van der Waals surface area contributed by atoms with Gasteiger partial charge in [-0.1, -0.05) is 18.2 Å². The van der Waals surface area contributed by atoms with Crippen LogP contribution in [0.4, 0.5) is 5.69 Å². The Hall–Kier alpha value is -2.69. The minimum absolute atomic E-state index is 0.172. The summed E-state index contributed by atoms with van der Waals surface area (Å²) in [7, 11) is 0. The fourth-order valence-corrected chi connectivity index (χ4v) is 3.52. The summed E-state index contributed by atoms with van der Waals surface area (Å²) in [6, 6.07) is 14.3. The van der Waals surface area contributed by atoms with Crippen LogP contribution in [-0.4, -0.2) is 50.2 Å². The van der Waals surface area contributed by atoms with Crippen LogP contribution >= 0.6 is 0 Å². The second-order valence-corrected chi connectivity index (χ2v) is 6.86. The van der Waals surface area contributed by atoms with E-state index in [-0.39, 0.29) is 5.91 Å². The second kappa shape index (κ2) is 7.28. The Labute approximate surface area is 154 Å². The number of carbonyl (C=O) groups excluding carboxylic acids is 1. The molecule has 0 unspecified atom stereocenters. The SMILES string of the molecule is Cc1cccc(N2CCN(C(=O)Cc3ccc4c(c3)OCCO4)CC2)c1. The number of benzene rings is 2. The molecule has 0 aromatic heterocycles. The Morgan fingerprint density at radius 3 is 2.50 bits per heavy atom. The highest BCUT2D eigenvalue weighted by atomic mass is 16.6. The van der Waals surface area contributed by atoms with Crippen molar-refractivity contribution in [2.75, 3.05) is 44.3 Å². The number of carbonyl (C=O) groups is 1. The molecule has 2 heterocycles. The number of piperazine rings is 1. The normalized spacial score (nSPS) is 16.5. The number of hydrogen-bond acceptors (Lipinski definition) is 4. The lowest BCUT2D eigenvalue weighted by Gasteiger charge is -2.36. The van der Waals surface area contributed by atoms with Gasteiger partial charge in [0.1, 0.15) is 13.2 Å². The first kappa shape index (κ1) is 16.8. The number of ether oxygens (including phenoxy) is 2. The van der Waals surface area contributed by atoms with Crippen molar-refractivity contribution in [2.24, 2.45) is 0 Å². The number of anilines is 1. The highest BCUT2D eigenvalue weighted by molar-refractivity contribution is 5.79. The second-order valence-electron chi connectivity index (χ2n) is 6.86. The minimum Gasteiger partial charge on any atom is -0.486 e. The van der Waals surface area contributed by atoms with Crippen LogP contribution < -0.4 is 14.4 Å².